The molecular formula is C23H20FN3O3. The van der Waals surface area contributed by atoms with Gasteiger partial charge in [0.25, 0.3) is 11.8 Å². The van der Waals surface area contributed by atoms with E-state index in [1.54, 1.807) is 24.3 Å². The van der Waals surface area contributed by atoms with Crippen molar-refractivity contribution in [1.29, 1.82) is 0 Å². The average Bonchev–Trinajstić information content (AvgIpc) is 2.76. The number of hydrogen-bond acceptors (Lipinski definition) is 4. The van der Waals surface area contributed by atoms with Gasteiger partial charge in [0, 0.05) is 16.8 Å². The van der Waals surface area contributed by atoms with Crippen LogP contribution in [-0.2, 0) is 0 Å². The van der Waals surface area contributed by atoms with E-state index >= 15 is 0 Å². The van der Waals surface area contributed by atoms with E-state index in [4.69, 9.17) is 4.74 Å². The minimum absolute atomic E-state index is 0.335. The van der Waals surface area contributed by atoms with Crippen molar-refractivity contribution in [2.75, 3.05) is 11.9 Å². The summed E-state index contributed by atoms with van der Waals surface area (Å²) < 4.78 is 18.3. The summed E-state index contributed by atoms with van der Waals surface area (Å²) >= 11 is 0. The molecule has 3 aromatic rings. The highest BCUT2D eigenvalue weighted by Crippen LogP contribution is 2.13. The van der Waals surface area contributed by atoms with Crippen molar-refractivity contribution in [1.82, 2.24) is 5.43 Å². The van der Waals surface area contributed by atoms with E-state index < -0.39 is 5.82 Å². The van der Waals surface area contributed by atoms with Gasteiger partial charge in [-0.15, -0.1) is 0 Å². The standard InChI is InChI=1S/C23H20FN3O3/c1-2-30-21-13-3-16(4-14-21)15-25-27-23(29)18-7-11-20(12-8-18)26-22(28)17-5-9-19(24)10-6-17/h3-15H,2H2,1H3,(H,26,28)(H,27,29)/b25-15+. The molecule has 0 radical (unpaired) electrons. The first-order chi connectivity index (χ1) is 14.5. The Morgan fingerprint density at radius 2 is 1.50 bits per heavy atom. The van der Waals surface area contributed by atoms with Crippen LogP contribution in [0.15, 0.2) is 77.9 Å². The third-order valence-corrected chi connectivity index (χ3v) is 4.08. The Morgan fingerprint density at radius 3 is 2.13 bits per heavy atom. The van der Waals surface area contributed by atoms with Gasteiger partial charge in [-0.1, -0.05) is 0 Å². The first kappa shape index (κ1) is 20.7. The van der Waals surface area contributed by atoms with Crippen LogP contribution >= 0.6 is 0 Å². The largest absolute Gasteiger partial charge is 0.494 e. The van der Waals surface area contributed by atoms with Crippen molar-refractivity contribution in [3.05, 3.63) is 95.3 Å². The third-order valence-electron chi connectivity index (χ3n) is 4.08. The number of hydrogen-bond donors (Lipinski definition) is 2. The van der Waals surface area contributed by atoms with Crippen LogP contribution in [0.1, 0.15) is 33.2 Å². The van der Waals surface area contributed by atoms with Crippen LogP contribution in [0.5, 0.6) is 5.75 Å². The maximum Gasteiger partial charge on any atom is 0.271 e. The number of carbonyl (C=O) groups is 2. The summed E-state index contributed by atoms with van der Waals surface area (Å²) in [6.07, 6.45) is 1.53. The van der Waals surface area contributed by atoms with Crippen molar-refractivity contribution in [3.63, 3.8) is 0 Å². The Bertz CT molecular complexity index is 1030. The minimum Gasteiger partial charge on any atom is -0.494 e. The van der Waals surface area contributed by atoms with Gasteiger partial charge in [-0.25, -0.2) is 9.82 Å². The van der Waals surface area contributed by atoms with Crippen LogP contribution in [-0.4, -0.2) is 24.6 Å². The molecule has 0 spiro atoms. The number of nitrogens with one attached hydrogen (secondary N) is 2. The molecule has 0 aliphatic heterocycles. The second-order valence-electron chi connectivity index (χ2n) is 6.24. The van der Waals surface area contributed by atoms with Crippen LogP contribution in [0, 0.1) is 5.82 Å². The molecule has 7 heteroatoms. The summed E-state index contributed by atoms with van der Waals surface area (Å²) in [4.78, 5) is 24.3. The fourth-order valence-electron chi connectivity index (χ4n) is 2.56. The number of rotatable bonds is 7. The first-order valence-corrected chi connectivity index (χ1v) is 9.28. The fraction of sp³-hybridized carbons (Fsp3) is 0.0870. The molecule has 3 aromatic carbocycles. The predicted octanol–water partition coefficient (Wildman–Crippen LogP) is 4.24. The molecule has 0 aliphatic rings. The number of hydrazone groups is 1. The molecular weight excluding hydrogens is 385 g/mol. The van der Waals surface area contributed by atoms with E-state index in [2.05, 4.69) is 15.8 Å². The van der Waals surface area contributed by atoms with Gasteiger partial charge in [-0.05, 0) is 85.3 Å². The summed E-state index contributed by atoms with van der Waals surface area (Å²) in [5, 5.41) is 6.63. The van der Waals surface area contributed by atoms with Gasteiger partial charge in [-0.3, -0.25) is 9.59 Å². The Hall–Kier alpha value is -4.00. The Morgan fingerprint density at radius 1 is 0.900 bits per heavy atom. The van der Waals surface area contributed by atoms with Gasteiger partial charge in [-0.2, -0.15) is 5.10 Å². The highest BCUT2D eigenvalue weighted by atomic mass is 19.1. The molecule has 30 heavy (non-hydrogen) atoms. The molecule has 152 valence electrons. The average molecular weight is 405 g/mol. The molecule has 0 aromatic heterocycles. The Kier molecular flexibility index (Phi) is 6.89. The van der Waals surface area contributed by atoms with Gasteiger partial charge in [0.15, 0.2) is 0 Å². The monoisotopic (exact) mass is 405 g/mol. The van der Waals surface area contributed by atoms with E-state index in [1.165, 1.54) is 30.5 Å². The maximum absolute atomic E-state index is 12.9. The van der Waals surface area contributed by atoms with E-state index in [0.717, 1.165) is 11.3 Å². The van der Waals surface area contributed by atoms with Crippen LogP contribution in [0.25, 0.3) is 0 Å². The quantitative estimate of drug-likeness (QED) is 0.456. The van der Waals surface area contributed by atoms with Crippen molar-refractivity contribution in [2.24, 2.45) is 5.10 Å². The lowest BCUT2D eigenvalue weighted by Gasteiger charge is -2.06. The predicted molar refractivity (Wildman–Crippen MR) is 113 cm³/mol. The number of carbonyl (C=O) groups excluding carboxylic acids is 2. The number of halogens is 1. The zero-order valence-corrected chi connectivity index (χ0v) is 16.3. The van der Waals surface area contributed by atoms with Crippen molar-refractivity contribution in [2.45, 2.75) is 6.92 Å². The zero-order chi connectivity index (χ0) is 21.3. The normalized spacial score (nSPS) is 10.6. The zero-order valence-electron chi connectivity index (χ0n) is 16.3. The van der Waals surface area contributed by atoms with Crippen molar-refractivity contribution in [3.8, 4) is 5.75 Å². The molecule has 0 unspecified atom stereocenters. The molecule has 0 aliphatic carbocycles. The maximum atomic E-state index is 12.9. The van der Waals surface area contributed by atoms with E-state index in [9.17, 15) is 14.0 Å². The van der Waals surface area contributed by atoms with E-state index in [1.807, 2.05) is 31.2 Å². The number of anilines is 1. The number of nitrogens with zero attached hydrogens (tertiary/aromatic N) is 1. The summed E-state index contributed by atoms with van der Waals surface area (Å²) in [6, 6.07) is 18.9. The van der Waals surface area contributed by atoms with Gasteiger partial charge in [0.1, 0.15) is 11.6 Å². The summed E-state index contributed by atoms with van der Waals surface area (Å²) in [5.74, 6) is -0.391. The first-order valence-electron chi connectivity index (χ1n) is 9.28. The van der Waals surface area contributed by atoms with Crippen LogP contribution < -0.4 is 15.5 Å². The van der Waals surface area contributed by atoms with Gasteiger partial charge in [0.05, 0.1) is 12.8 Å². The van der Waals surface area contributed by atoms with Gasteiger partial charge < -0.3 is 10.1 Å². The molecule has 0 saturated carbocycles. The lowest BCUT2D eigenvalue weighted by atomic mass is 10.1. The Balaban J connectivity index is 1.54. The van der Waals surface area contributed by atoms with Gasteiger partial charge >= 0.3 is 0 Å². The summed E-state index contributed by atoms with van der Waals surface area (Å²) in [5.41, 5.74) is 4.51. The van der Waals surface area contributed by atoms with Crippen LogP contribution in [0.3, 0.4) is 0 Å². The van der Waals surface area contributed by atoms with Crippen LogP contribution in [0.2, 0.25) is 0 Å². The summed E-state index contributed by atoms with van der Waals surface area (Å²) in [7, 11) is 0. The van der Waals surface area contributed by atoms with E-state index in [0.29, 0.717) is 23.4 Å². The molecule has 0 fully saturated rings. The molecule has 6 nitrogen and oxygen atoms in total. The highest BCUT2D eigenvalue weighted by molar-refractivity contribution is 6.04. The molecule has 0 atom stereocenters. The topological polar surface area (TPSA) is 79.8 Å². The lowest BCUT2D eigenvalue weighted by Crippen LogP contribution is -2.17. The number of benzene rings is 3. The number of ether oxygens (including phenoxy) is 1. The van der Waals surface area contributed by atoms with Crippen LogP contribution in [0.4, 0.5) is 10.1 Å². The molecule has 0 heterocycles. The third kappa shape index (κ3) is 5.75. The molecule has 0 bridgehead atoms. The van der Waals surface area contributed by atoms with Gasteiger partial charge in [0.2, 0.25) is 0 Å². The second-order valence-corrected chi connectivity index (χ2v) is 6.24. The second kappa shape index (κ2) is 9.97. The van der Waals surface area contributed by atoms with Crippen molar-refractivity contribution < 1.29 is 18.7 Å². The number of amides is 2. The van der Waals surface area contributed by atoms with Crippen molar-refractivity contribution >= 4 is 23.7 Å². The molecule has 2 amide bonds. The SMILES string of the molecule is CCOc1ccc(/C=N/NC(=O)c2ccc(NC(=O)c3ccc(F)cc3)cc2)cc1. The lowest BCUT2D eigenvalue weighted by molar-refractivity contribution is 0.0954. The molecule has 2 N–H and O–H groups in total. The molecule has 0 saturated heterocycles. The molecule has 3 rings (SSSR count). The smallest absolute Gasteiger partial charge is 0.271 e. The fourth-order valence-corrected chi connectivity index (χ4v) is 2.56. The summed E-state index contributed by atoms with van der Waals surface area (Å²) in [6.45, 7) is 2.51. The highest BCUT2D eigenvalue weighted by Gasteiger charge is 2.08. The van der Waals surface area contributed by atoms with E-state index in [-0.39, 0.29) is 11.8 Å². The Labute approximate surface area is 173 Å². The minimum atomic E-state index is -0.410.